The first-order chi connectivity index (χ1) is 12.3. The average Bonchev–Trinajstić information content (AvgIpc) is 3.32. The second kappa shape index (κ2) is 6.98. The van der Waals surface area contributed by atoms with Crippen molar-refractivity contribution in [2.45, 2.75) is 0 Å². The van der Waals surface area contributed by atoms with Crippen LogP contribution in [0.1, 0.15) is 0 Å². The van der Waals surface area contributed by atoms with Gasteiger partial charge in [-0.2, -0.15) is 0 Å². The Kier molecular flexibility index (Phi) is 4.39. The van der Waals surface area contributed by atoms with Gasteiger partial charge >= 0.3 is 5.82 Å². The van der Waals surface area contributed by atoms with Gasteiger partial charge in [0, 0.05) is 31.3 Å². The number of hydrogen-bond acceptors (Lipinski definition) is 12. The maximum absolute atomic E-state index is 12.4. The summed E-state index contributed by atoms with van der Waals surface area (Å²) in [6.07, 6.45) is 0. The van der Waals surface area contributed by atoms with E-state index < -0.39 is 0 Å². The first kappa shape index (κ1) is 15.7. The number of hydrogen-bond donors (Lipinski definition) is 0. The first-order valence-electron chi connectivity index (χ1n) is 7.82. The van der Waals surface area contributed by atoms with E-state index in [9.17, 15) is 5.21 Å². The molecule has 0 saturated carbocycles. The van der Waals surface area contributed by atoms with E-state index in [1.54, 1.807) is 0 Å². The van der Waals surface area contributed by atoms with Gasteiger partial charge in [-0.15, -0.1) is 9.49 Å². The number of azo groups is 1. The highest BCUT2D eigenvalue weighted by Gasteiger charge is 2.29. The molecule has 0 aromatic carbocycles. The summed E-state index contributed by atoms with van der Waals surface area (Å²) in [6, 6.07) is 0. The van der Waals surface area contributed by atoms with E-state index in [1.165, 1.54) is 0 Å². The largest absolute Gasteiger partial charge is 0.690 e. The normalized spacial score (nSPS) is 19.4. The summed E-state index contributed by atoms with van der Waals surface area (Å²) >= 11 is 0. The molecule has 2 saturated heterocycles. The summed E-state index contributed by atoms with van der Waals surface area (Å²) in [7, 11) is 0. The van der Waals surface area contributed by atoms with Gasteiger partial charge in [-0.1, -0.05) is 5.11 Å². The van der Waals surface area contributed by atoms with E-state index in [-0.39, 0.29) is 11.6 Å². The van der Waals surface area contributed by atoms with Crippen LogP contribution in [0.5, 0.6) is 0 Å². The molecule has 0 atom stereocenters. The van der Waals surface area contributed by atoms with E-state index in [0.717, 1.165) is 0 Å². The molecule has 0 aliphatic carbocycles. The molecule has 0 radical (unpaired) electrons. The van der Waals surface area contributed by atoms with Crippen LogP contribution in [-0.4, -0.2) is 78.1 Å². The van der Waals surface area contributed by atoms with Gasteiger partial charge in [0.2, 0.25) is 5.82 Å². The molecule has 13 nitrogen and oxygen atoms in total. The summed E-state index contributed by atoms with van der Waals surface area (Å²) in [4.78, 5) is 4.04. The van der Waals surface area contributed by atoms with Crippen molar-refractivity contribution in [3.63, 3.8) is 0 Å². The summed E-state index contributed by atoms with van der Waals surface area (Å²) < 4.78 is 20.0. The van der Waals surface area contributed by atoms with Crippen LogP contribution in [0.3, 0.4) is 0 Å². The Morgan fingerprint density at radius 3 is 2.04 bits per heavy atom. The summed E-state index contributed by atoms with van der Waals surface area (Å²) in [5, 5.41) is 31.3. The molecule has 0 unspecified atom stereocenters. The van der Waals surface area contributed by atoms with Crippen molar-refractivity contribution in [1.82, 2.24) is 20.6 Å². The van der Waals surface area contributed by atoms with Gasteiger partial charge in [0.05, 0.1) is 26.4 Å². The third-order valence-electron chi connectivity index (χ3n) is 3.90. The number of morpholine rings is 2. The topological polar surface area (TPSA) is 141 Å². The van der Waals surface area contributed by atoms with E-state index in [1.807, 2.05) is 9.80 Å². The second-order valence-corrected chi connectivity index (χ2v) is 5.39. The van der Waals surface area contributed by atoms with E-state index >= 15 is 0 Å². The third kappa shape index (κ3) is 3.23. The lowest BCUT2D eigenvalue weighted by Gasteiger charge is -2.25. The summed E-state index contributed by atoms with van der Waals surface area (Å²) in [5.41, 5.74) is 0. The molecule has 4 heterocycles. The SMILES string of the molecule is [O-][N+](=Nc1nonc1N1CCOCC1)c1nonc1N1CCOCC1. The van der Waals surface area contributed by atoms with Crippen molar-refractivity contribution >= 4 is 23.3 Å². The van der Waals surface area contributed by atoms with Crippen molar-refractivity contribution in [1.29, 1.82) is 0 Å². The standard InChI is InChI=1S/C12H16N8O5/c21-20(12-11(16-25-17-12)19-3-7-23-8-4-19)13-9-10(15-24-14-9)18-1-5-22-6-2-18/h1-8H2. The monoisotopic (exact) mass is 352 g/mol. The number of ether oxygens (including phenoxy) is 2. The zero-order valence-electron chi connectivity index (χ0n) is 13.3. The Morgan fingerprint density at radius 2 is 1.36 bits per heavy atom. The third-order valence-corrected chi connectivity index (χ3v) is 3.90. The fourth-order valence-corrected chi connectivity index (χ4v) is 2.62. The maximum atomic E-state index is 12.4. The average molecular weight is 352 g/mol. The van der Waals surface area contributed by atoms with Crippen LogP contribution in [0.25, 0.3) is 0 Å². The zero-order valence-corrected chi connectivity index (χ0v) is 13.3. The Bertz CT molecular complexity index is 733. The highest BCUT2D eigenvalue weighted by molar-refractivity contribution is 5.56. The molecule has 134 valence electrons. The lowest BCUT2D eigenvalue weighted by Crippen LogP contribution is -2.36. The molecule has 2 aliphatic rings. The predicted molar refractivity (Wildman–Crippen MR) is 80.0 cm³/mol. The van der Waals surface area contributed by atoms with Crippen molar-refractivity contribution < 1.29 is 23.6 Å². The minimum absolute atomic E-state index is 0.0576. The molecule has 2 fully saturated rings. The van der Waals surface area contributed by atoms with Crippen LogP contribution in [0.2, 0.25) is 0 Å². The predicted octanol–water partition coefficient (Wildman–Crippen LogP) is 0.0515. The van der Waals surface area contributed by atoms with Crippen LogP contribution < -0.4 is 9.80 Å². The quantitative estimate of drug-likeness (QED) is 0.418. The fraction of sp³-hybridized carbons (Fsp3) is 0.667. The fourth-order valence-electron chi connectivity index (χ4n) is 2.62. The lowest BCUT2D eigenvalue weighted by atomic mass is 10.4. The molecule has 0 spiro atoms. The highest BCUT2D eigenvalue weighted by atomic mass is 16.6. The number of anilines is 2. The Balaban J connectivity index is 1.58. The van der Waals surface area contributed by atoms with Gasteiger partial charge in [0.25, 0.3) is 11.6 Å². The molecule has 0 N–H and O–H groups in total. The number of aromatic nitrogens is 4. The summed E-state index contributed by atoms with van der Waals surface area (Å²) in [6.45, 7) is 4.58. The molecule has 2 aliphatic heterocycles. The maximum Gasteiger partial charge on any atom is 0.442 e. The molecule has 0 bridgehead atoms. The Labute approximate surface area is 141 Å². The lowest BCUT2D eigenvalue weighted by molar-refractivity contribution is -0.440. The van der Waals surface area contributed by atoms with Gasteiger partial charge in [-0.05, 0) is 10.3 Å². The van der Waals surface area contributed by atoms with Crippen molar-refractivity contribution in [3.05, 3.63) is 5.21 Å². The molecule has 4 rings (SSSR count). The Hall–Kier alpha value is -2.80. The van der Waals surface area contributed by atoms with E-state index in [0.29, 0.717) is 69.1 Å². The zero-order chi connectivity index (χ0) is 17.1. The van der Waals surface area contributed by atoms with Gasteiger partial charge in [0.15, 0.2) is 5.16 Å². The van der Waals surface area contributed by atoms with Crippen LogP contribution in [0.15, 0.2) is 14.4 Å². The molecular formula is C12H16N8O5. The van der Waals surface area contributed by atoms with Gasteiger partial charge in [-0.25, -0.2) is 4.63 Å². The summed E-state index contributed by atoms with van der Waals surface area (Å²) in [5.74, 6) is 0.700. The molecular weight excluding hydrogens is 336 g/mol. The smallest absolute Gasteiger partial charge is 0.442 e. The van der Waals surface area contributed by atoms with Crippen LogP contribution in [0, 0.1) is 5.21 Å². The van der Waals surface area contributed by atoms with Crippen LogP contribution >= 0.6 is 0 Å². The minimum atomic E-state index is -0.0576. The molecule has 0 amide bonds. The molecule has 2 aromatic rings. The molecule has 2 aromatic heterocycles. The van der Waals surface area contributed by atoms with Crippen molar-refractivity contribution in [2.24, 2.45) is 5.11 Å². The highest BCUT2D eigenvalue weighted by Crippen LogP contribution is 2.29. The number of rotatable bonds is 4. The molecule has 13 heteroatoms. The minimum Gasteiger partial charge on any atom is -0.690 e. The van der Waals surface area contributed by atoms with E-state index in [2.05, 4.69) is 25.7 Å². The van der Waals surface area contributed by atoms with Gasteiger partial charge in [-0.3, -0.25) is 0 Å². The van der Waals surface area contributed by atoms with Crippen LogP contribution in [-0.2, 0) is 9.47 Å². The van der Waals surface area contributed by atoms with Gasteiger partial charge < -0.3 is 24.5 Å². The van der Waals surface area contributed by atoms with Crippen LogP contribution in [0.4, 0.5) is 23.3 Å². The van der Waals surface area contributed by atoms with E-state index in [4.69, 9.17) is 18.7 Å². The second-order valence-electron chi connectivity index (χ2n) is 5.39. The first-order valence-corrected chi connectivity index (χ1v) is 7.82. The molecule has 25 heavy (non-hydrogen) atoms. The van der Waals surface area contributed by atoms with Gasteiger partial charge in [0.1, 0.15) is 0 Å². The number of nitrogens with zero attached hydrogens (tertiary/aromatic N) is 8. The van der Waals surface area contributed by atoms with Crippen molar-refractivity contribution in [3.8, 4) is 0 Å². The van der Waals surface area contributed by atoms with Crippen molar-refractivity contribution in [2.75, 3.05) is 62.4 Å². The Morgan fingerprint density at radius 1 is 0.800 bits per heavy atom.